The lowest BCUT2D eigenvalue weighted by Gasteiger charge is -2.28. The highest BCUT2D eigenvalue weighted by Crippen LogP contribution is 2.24. The van der Waals surface area contributed by atoms with E-state index in [4.69, 9.17) is 11.6 Å². The number of sulfonamides is 1. The molecule has 0 radical (unpaired) electrons. The van der Waals surface area contributed by atoms with Crippen molar-refractivity contribution in [3.8, 4) is 0 Å². The van der Waals surface area contributed by atoms with Gasteiger partial charge in [0.25, 0.3) is 0 Å². The molecule has 0 aliphatic carbocycles. The smallest absolute Gasteiger partial charge is 0.245 e. The SMILES string of the molecule is CC(=O)NC1CCN(C(=O)C(C)N2CCC(NS(=O)(=O)c3ccc4cc(Cl)ccc4c3)C2=O)C1. The highest BCUT2D eigenvalue weighted by Gasteiger charge is 2.41. The minimum atomic E-state index is -3.95. The van der Waals surface area contributed by atoms with E-state index in [1.165, 1.54) is 24.0 Å². The fourth-order valence-corrected chi connectivity index (χ4v) is 6.02. The molecule has 2 saturated heterocycles. The summed E-state index contributed by atoms with van der Waals surface area (Å²) in [6, 6.07) is 8.10. The standard InChI is InChI=1S/C23H27ClN4O5S/c1-14(22(30)27-9-7-19(13-27)25-15(2)29)28-10-8-21(23(28)31)26-34(32,33)20-6-4-16-11-18(24)5-3-17(16)12-20/h3-6,11-12,14,19,21,26H,7-10,13H2,1-2H3,(H,25,29). The normalized spacial score (nSPS) is 21.8. The third-order valence-corrected chi connectivity index (χ3v) is 8.06. The van der Waals surface area contributed by atoms with Crippen LogP contribution in [0.5, 0.6) is 0 Å². The summed E-state index contributed by atoms with van der Waals surface area (Å²) in [7, 11) is -3.95. The second kappa shape index (κ2) is 9.52. The molecule has 2 N–H and O–H groups in total. The molecule has 9 nitrogen and oxygen atoms in total. The molecule has 0 aromatic heterocycles. The van der Waals surface area contributed by atoms with Crippen LogP contribution in [0.3, 0.4) is 0 Å². The maximum absolute atomic E-state index is 13.0. The second-order valence-corrected chi connectivity index (χ2v) is 10.9. The molecule has 0 bridgehead atoms. The van der Waals surface area contributed by atoms with Gasteiger partial charge in [0.15, 0.2) is 0 Å². The Kier molecular flexibility index (Phi) is 6.84. The summed E-state index contributed by atoms with van der Waals surface area (Å²) >= 11 is 5.99. The molecule has 3 amide bonds. The number of hydrogen-bond donors (Lipinski definition) is 2. The summed E-state index contributed by atoms with van der Waals surface area (Å²) in [4.78, 5) is 40.3. The first-order valence-corrected chi connectivity index (χ1v) is 13.0. The van der Waals surface area contributed by atoms with Crippen molar-refractivity contribution >= 4 is 50.1 Å². The Morgan fingerprint density at radius 1 is 1.09 bits per heavy atom. The van der Waals surface area contributed by atoms with E-state index < -0.39 is 28.0 Å². The molecule has 182 valence electrons. The van der Waals surface area contributed by atoms with Gasteiger partial charge < -0.3 is 15.1 Å². The molecule has 2 aromatic carbocycles. The van der Waals surface area contributed by atoms with E-state index in [1.807, 2.05) is 0 Å². The number of fused-ring (bicyclic) bond motifs is 1. The average Bonchev–Trinajstić information content (AvgIpc) is 3.38. The predicted molar refractivity (Wildman–Crippen MR) is 128 cm³/mol. The Hall–Kier alpha value is -2.69. The fraction of sp³-hybridized carbons (Fsp3) is 0.435. The lowest BCUT2D eigenvalue weighted by atomic mass is 10.1. The Balaban J connectivity index is 1.41. The Morgan fingerprint density at radius 3 is 2.53 bits per heavy atom. The van der Waals surface area contributed by atoms with Gasteiger partial charge in [0.05, 0.1) is 4.90 Å². The monoisotopic (exact) mass is 506 g/mol. The molecule has 11 heteroatoms. The van der Waals surface area contributed by atoms with E-state index in [0.29, 0.717) is 29.9 Å². The van der Waals surface area contributed by atoms with Crippen LogP contribution in [0.25, 0.3) is 10.8 Å². The van der Waals surface area contributed by atoms with Crippen LogP contribution in [-0.4, -0.2) is 73.7 Å². The number of hydrogen-bond acceptors (Lipinski definition) is 5. The van der Waals surface area contributed by atoms with Crippen LogP contribution in [0.2, 0.25) is 5.02 Å². The van der Waals surface area contributed by atoms with Crippen molar-refractivity contribution in [2.75, 3.05) is 19.6 Å². The topological polar surface area (TPSA) is 116 Å². The van der Waals surface area contributed by atoms with Gasteiger partial charge in [-0.2, -0.15) is 4.72 Å². The molecule has 2 aromatic rings. The third kappa shape index (κ3) is 5.03. The van der Waals surface area contributed by atoms with Crippen LogP contribution in [0.4, 0.5) is 0 Å². The molecule has 2 fully saturated rings. The summed E-state index contributed by atoms with van der Waals surface area (Å²) in [5.41, 5.74) is 0. The number of nitrogens with zero attached hydrogens (tertiary/aromatic N) is 2. The number of halogens is 1. The number of carbonyl (C=O) groups excluding carboxylic acids is 3. The zero-order valence-electron chi connectivity index (χ0n) is 19.0. The molecular formula is C23H27ClN4O5S. The first-order chi connectivity index (χ1) is 16.0. The summed E-state index contributed by atoms with van der Waals surface area (Å²) in [5, 5.41) is 4.89. The Bertz CT molecular complexity index is 1250. The number of amides is 3. The lowest BCUT2D eigenvalue weighted by Crippen LogP contribution is -2.50. The second-order valence-electron chi connectivity index (χ2n) is 8.79. The molecule has 0 saturated carbocycles. The predicted octanol–water partition coefficient (Wildman–Crippen LogP) is 1.50. The van der Waals surface area contributed by atoms with Crippen molar-refractivity contribution in [2.45, 2.75) is 49.7 Å². The van der Waals surface area contributed by atoms with Gasteiger partial charge in [-0.3, -0.25) is 14.4 Å². The van der Waals surface area contributed by atoms with Gasteiger partial charge in [0.2, 0.25) is 27.7 Å². The first kappa shape index (κ1) is 24.4. The molecule has 34 heavy (non-hydrogen) atoms. The van der Waals surface area contributed by atoms with E-state index in [0.717, 1.165) is 5.39 Å². The Labute approximate surface area is 203 Å². The van der Waals surface area contributed by atoms with Gasteiger partial charge in [-0.1, -0.05) is 23.7 Å². The van der Waals surface area contributed by atoms with Crippen LogP contribution < -0.4 is 10.0 Å². The zero-order chi connectivity index (χ0) is 24.6. The maximum atomic E-state index is 13.0. The zero-order valence-corrected chi connectivity index (χ0v) is 20.5. The molecule has 2 aliphatic rings. The van der Waals surface area contributed by atoms with Gasteiger partial charge in [0, 0.05) is 37.6 Å². The van der Waals surface area contributed by atoms with Gasteiger partial charge >= 0.3 is 0 Å². The number of likely N-dealkylation sites (tertiary alicyclic amines) is 2. The Morgan fingerprint density at radius 2 is 1.79 bits per heavy atom. The maximum Gasteiger partial charge on any atom is 0.245 e. The van der Waals surface area contributed by atoms with Crippen molar-refractivity contribution < 1.29 is 22.8 Å². The summed E-state index contributed by atoms with van der Waals surface area (Å²) in [5.74, 6) is -0.778. The highest BCUT2D eigenvalue weighted by molar-refractivity contribution is 7.89. The van der Waals surface area contributed by atoms with Crippen molar-refractivity contribution in [3.63, 3.8) is 0 Å². The van der Waals surface area contributed by atoms with Crippen molar-refractivity contribution in [1.82, 2.24) is 19.8 Å². The quantitative estimate of drug-likeness (QED) is 0.616. The van der Waals surface area contributed by atoms with Crippen molar-refractivity contribution in [3.05, 3.63) is 41.4 Å². The van der Waals surface area contributed by atoms with Crippen LogP contribution in [0.1, 0.15) is 26.7 Å². The fourth-order valence-electron chi connectivity index (χ4n) is 4.58. The van der Waals surface area contributed by atoms with Gasteiger partial charge in [0.1, 0.15) is 12.1 Å². The van der Waals surface area contributed by atoms with Crippen molar-refractivity contribution in [1.29, 1.82) is 0 Å². The molecule has 4 rings (SSSR count). The number of carbonyl (C=O) groups is 3. The largest absolute Gasteiger partial charge is 0.352 e. The van der Waals surface area contributed by atoms with Crippen LogP contribution >= 0.6 is 11.6 Å². The van der Waals surface area contributed by atoms with E-state index in [9.17, 15) is 22.8 Å². The number of benzene rings is 2. The summed E-state index contributed by atoms with van der Waals surface area (Å²) in [6.45, 7) is 4.26. The number of nitrogens with one attached hydrogen (secondary N) is 2. The van der Waals surface area contributed by atoms with Crippen LogP contribution in [0.15, 0.2) is 41.3 Å². The van der Waals surface area contributed by atoms with Gasteiger partial charge in [-0.15, -0.1) is 0 Å². The van der Waals surface area contributed by atoms with Crippen LogP contribution in [-0.2, 0) is 24.4 Å². The van der Waals surface area contributed by atoms with E-state index >= 15 is 0 Å². The first-order valence-electron chi connectivity index (χ1n) is 11.1. The van der Waals surface area contributed by atoms with Gasteiger partial charge in [-0.05, 0) is 54.8 Å². The molecule has 3 unspecified atom stereocenters. The molecule has 2 aliphatic heterocycles. The van der Waals surface area contributed by atoms with E-state index in [1.54, 1.807) is 36.1 Å². The summed E-state index contributed by atoms with van der Waals surface area (Å²) in [6.07, 6.45) is 0.930. The molecule has 2 heterocycles. The highest BCUT2D eigenvalue weighted by atomic mass is 35.5. The van der Waals surface area contributed by atoms with Crippen molar-refractivity contribution in [2.24, 2.45) is 0 Å². The van der Waals surface area contributed by atoms with E-state index in [2.05, 4.69) is 10.0 Å². The average molecular weight is 507 g/mol. The van der Waals surface area contributed by atoms with Gasteiger partial charge in [-0.25, -0.2) is 8.42 Å². The van der Waals surface area contributed by atoms with Crippen LogP contribution in [0, 0.1) is 0 Å². The molecule has 0 spiro atoms. The molecular weight excluding hydrogens is 480 g/mol. The molecule has 3 atom stereocenters. The minimum Gasteiger partial charge on any atom is -0.352 e. The third-order valence-electron chi connectivity index (χ3n) is 6.35. The number of rotatable bonds is 6. The minimum absolute atomic E-state index is 0.0544. The lowest BCUT2D eigenvalue weighted by molar-refractivity contribution is -0.142. The van der Waals surface area contributed by atoms with E-state index in [-0.39, 0.29) is 35.7 Å². The summed E-state index contributed by atoms with van der Waals surface area (Å²) < 4.78 is 28.4.